The molecule has 0 saturated heterocycles. The second kappa shape index (κ2) is 5.01. The Hall–Kier alpha value is -2.14. The van der Waals surface area contributed by atoms with Crippen LogP contribution in [0.2, 0.25) is 5.02 Å². The smallest absolute Gasteiger partial charge is 0.272 e. The van der Waals surface area contributed by atoms with Crippen LogP contribution in [-0.4, -0.2) is 10.9 Å². The Morgan fingerprint density at radius 3 is 2.78 bits per heavy atom. The summed E-state index contributed by atoms with van der Waals surface area (Å²) in [6, 6.07) is 7.78. The Kier molecular flexibility index (Phi) is 3.43. The summed E-state index contributed by atoms with van der Waals surface area (Å²) >= 11 is 5.81. The highest BCUT2D eigenvalue weighted by atomic mass is 35.5. The molecule has 6 heteroatoms. The van der Waals surface area contributed by atoms with Crippen LogP contribution in [0.4, 0.5) is 10.1 Å². The number of aromatic nitrogens is 1. The minimum atomic E-state index is -0.569. The van der Waals surface area contributed by atoms with Crippen molar-refractivity contribution < 1.29 is 9.18 Å². The molecule has 1 amide bonds. The van der Waals surface area contributed by atoms with Crippen molar-refractivity contribution in [2.24, 2.45) is 0 Å². The summed E-state index contributed by atoms with van der Waals surface area (Å²) < 4.78 is 13.0. The third-order valence-corrected chi connectivity index (χ3v) is 2.52. The average molecular weight is 267 g/mol. The first-order valence-corrected chi connectivity index (χ1v) is 5.40. The maximum Gasteiger partial charge on any atom is 0.272 e. The molecule has 1 aromatic heterocycles. The van der Waals surface area contributed by atoms with E-state index in [1.165, 1.54) is 30.3 Å². The number of benzene rings is 1. The van der Waals surface area contributed by atoms with Gasteiger partial charge in [-0.25, -0.2) is 4.39 Å². The molecule has 0 unspecified atom stereocenters. The Morgan fingerprint density at radius 1 is 1.28 bits per heavy atom. The van der Waals surface area contributed by atoms with Gasteiger partial charge in [0.1, 0.15) is 11.5 Å². The summed E-state index contributed by atoms with van der Waals surface area (Å²) in [5, 5.41) is 2.62. The van der Waals surface area contributed by atoms with Gasteiger partial charge in [0.15, 0.2) is 0 Å². The molecule has 4 nitrogen and oxygen atoms in total. The largest absolute Gasteiger partial charge is 0.319 e. The summed E-state index contributed by atoms with van der Waals surface area (Å²) in [6.07, 6.45) is 0. The second-order valence-electron chi connectivity index (χ2n) is 3.51. The fourth-order valence-electron chi connectivity index (χ4n) is 1.36. The van der Waals surface area contributed by atoms with Crippen molar-refractivity contribution in [1.82, 2.24) is 4.98 Å². The fraction of sp³-hybridized carbons (Fsp3) is 0. The van der Waals surface area contributed by atoms with Gasteiger partial charge in [0.2, 0.25) is 5.56 Å². The zero-order chi connectivity index (χ0) is 13.1. The van der Waals surface area contributed by atoms with Crippen LogP contribution in [-0.2, 0) is 0 Å². The van der Waals surface area contributed by atoms with E-state index in [-0.39, 0.29) is 16.4 Å². The molecule has 0 aliphatic carbocycles. The number of anilines is 1. The molecule has 0 fully saturated rings. The number of carbonyl (C=O) groups is 1. The van der Waals surface area contributed by atoms with E-state index in [4.69, 9.17) is 11.6 Å². The summed E-state index contributed by atoms with van der Waals surface area (Å²) in [5.74, 6) is -1.09. The van der Waals surface area contributed by atoms with Crippen molar-refractivity contribution >= 4 is 23.2 Å². The van der Waals surface area contributed by atoms with Crippen molar-refractivity contribution in [3.63, 3.8) is 0 Å². The highest BCUT2D eigenvalue weighted by Crippen LogP contribution is 2.22. The van der Waals surface area contributed by atoms with Crippen molar-refractivity contribution in [2.75, 3.05) is 5.32 Å². The molecule has 0 spiro atoms. The van der Waals surface area contributed by atoms with Gasteiger partial charge in [-0.3, -0.25) is 9.59 Å². The number of nitrogens with one attached hydrogen (secondary N) is 2. The Labute approximate surface area is 106 Å². The van der Waals surface area contributed by atoms with Crippen LogP contribution < -0.4 is 10.9 Å². The number of hydrogen-bond acceptors (Lipinski definition) is 2. The quantitative estimate of drug-likeness (QED) is 0.877. The summed E-state index contributed by atoms with van der Waals surface area (Å²) in [7, 11) is 0. The molecule has 0 saturated carbocycles. The van der Waals surface area contributed by atoms with E-state index in [0.29, 0.717) is 0 Å². The van der Waals surface area contributed by atoms with Gasteiger partial charge < -0.3 is 10.3 Å². The molecule has 2 N–H and O–H groups in total. The second-order valence-corrected chi connectivity index (χ2v) is 3.91. The van der Waals surface area contributed by atoms with E-state index in [1.807, 2.05) is 0 Å². The van der Waals surface area contributed by atoms with Gasteiger partial charge in [0.25, 0.3) is 5.91 Å². The molecule has 1 heterocycles. The molecular weight excluding hydrogens is 259 g/mol. The zero-order valence-electron chi connectivity index (χ0n) is 9.04. The summed E-state index contributed by atoms with van der Waals surface area (Å²) in [6.45, 7) is 0. The van der Waals surface area contributed by atoms with E-state index in [1.54, 1.807) is 0 Å². The van der Waals surface area contributed by atoms with Crippen LogP contribution in [0.1, 0.15) is 10.5 Å². The zero-order valence-corrected chi connectivity index (χ0v) is 9.79. The van der Waals surface area contributed by atoms with E-state index in [9.17, 15) is 14.0 Å². The van der Waals surface area contributed by atoms with Gasteiger partial charge in [-0.1, -0.05) is 17.7 Å². The van der Waals surface area contributed by atoms with Gasteiger partial charge in [0.05, 0.1) is 10.7 Å². The van der Waals surface area contributed by atoms with Crippen molar-refractivity contribution in [2.45, 2.75) is 0 Å². The van der Waals surface area contributed by atoms with Gasteiger partial charge in [-0.15, -0.1) is 0 Å². The first-order valence-electron chi connectivity index (χ1n) is 5.02. The molecule has 1 aromatic carbocycles. The Bertz CT molecular complexity index is 655. The predicted molar refractivity (Wildman–Crippen MR) is 66.4 cm³/mol. The fourth-order valence-corrected chi connectivity index (χ4v) is 1.53. The van der Waals surface area contributed by atoms with E-state index in [0.717, 1.165) is 6.07 Å². The monoisotopic (exact) mass is 266 g/mol. The molecule has 2 rings (SSSR count). The van der Waals surface area contributed by atoms with Crippen molar-refractivity contribution in [3.05, 3.63) is 63.3 Å². The Balaban J connectivity index is 2.26. The highest BCUT2D eigenvalue weighted by Gasteiger charge is 2.09. The number of halogens is 2. The van der Waals surface area contributed by atoms with Gasteiger partial charge >= 0.3 is 0 Å². The highest BCUT2D eigenvalue weighted by molar-refractivity contribution is 6.33. The van der Waals surface area contributed by atoms with Gasteiger partial charge in [-0.2, -0.15) is 0 Å². The van der Waals surface area contributed by atoms with Crippen LogP contribution in [0.15, 0.2) is 41.2 Å². The van der Waals surface area contributed by atoms with Crippen LogP contribution >= 0.6 is 11.6 Å². The number of pyridine rings is 1. The molecule has 0 atom stereocenters. The van der Waals surface area contributed by atoms with Crippen LogP contribution in [0.5, 0.6) is 0 Å². The average Bonchev–Trinajstić information content (AvgIpc) is 2.34. The number of amides is 1. The summed E-state index contributed by atoms with van der Waals surface area (Å²) in [4.78, 5) is 25.2. The lowest BCUT2D eigenvalue weighted by Gasteiger charge is -2.06. The number of H-pyrrole nitrogens is 1. The minimum Gasteiger partial charge on any atom is -0.319 e. The Morgan fingerprint density at radius 2 is 2.06 bits per heavy atom. The normalized spacial score (nSPS) is 10.1. The lowest BCUT2D eigenvalue weighted by atomic mass is 10.3. The molecule has 2 aromatic rings. The molecule has 0 radical (unpaired) electrons. The number of aromatic amines is 1. The van der Waals surface area contributed by atoms with Crippen molar-refractivity contribution in [1.29, 1.82) is 0 Å². The molecular formula is C12H8ClFN2O2. The first-order chi connectivity index (χ1) is 8.56. The standard InChI is InChI=1S/C12H8ClFN2O2/c13-8-5-4-7(14)6-10(8)16-12(18)9-2-1-3-11(17)15-9/h1-6H,(H,15,17)(H,16,18). The van der Waals surface area contributed by atoms with E-state index >= 15 is 0 Å². The topological polar surface area (TPSA) is 62.0 Å². The van der Waals surface area contributed by atoms with Gasteiger partial charge in [-0.05, 0) is 24.3 Å². The SMILES string of the molecule is O=C(Nc1cc(F)ccc1Cl)c1cccc(=O)[nH]1. The minimum absolute atomic E-state index is 0.0721. The van der Waals surface area contributed by atoms with Gasteiger partial charge in [0, 0.05) is 6.07 Å². The molecule has 18 heavy (non-hydrogen) atoms. The molecule has 0 aliphatic heterocycles. The molecule has 0 bridgehead atoms. The molecule has 0 aliphatic rings. The van der Waals surface area contributed by atoms with Crippen LogP contribution in [0.3, 0.4) is 0 Å². The van der Waals surface area contributed by atoms with E-state index < -0.39 is 17.3 Å². The maximum atomic E-state index is 13.0. The molecule has 92 valence electrons. The van der Waals surface area contributed by atoms with Crippen LogP contribution in [0, 0.1) is 5.82 Å². The number of rotatable bonds is 2. The van der Waals surface area contributed by atoms with Crippen molar-refractivity contribution in [3.8, 4) is 0 Å². The third-order valence-electron chi connectivity index (χ3n) is 2.19. The summed E-state index contributed by atoms with van der Waals surface area (Å²) in [5.41, 5.74) is -0.179. The maximum absolute atomic E-state index is 13.0. The first kappa shape index (κ1) is 12.3. The lowest BCUT2D eigenvalue weighted by Crippen LogP contribution is -2.18. The van der Waals surface area contributed by atoms with E-state index in [2.05, 4.69) is 10.3 Å². The predicted octanol–water partition coefficient (Wildman–Crippen LogP) is 2.42. The third kappa shape index (κ3) is 2.75. The number of hydrogen-bond donors (Lipinski definition) is 2. The van der Waals surface area contributed by atoms with Crippen LogP contribution in [0.25, 0.3) is 0 Å². The number of carbonyl (C=O) groups excluding carboxylic acids is 1. The lowest BCUT2D eigenvalue weighted by molar-refractivity contribution is 0.102.